The van der Waals surface area contributed by atoms with Crippen LogP contribution in [0.1, 0.15) is 50.8 Å². The minimum absolute atomic E-state index is 0.0973. The first-order valence-corrected chi connectivity index (χ1v) is 9.16. The second-order valence-electron chi connectivity index (χ2n) is 6.19. The maximum Gasteiger partial charge on any atom is 0.330 e. The number of rotatable bonds is 8. The molecule has 0 aromatic carbocycles. The number of H-pyrrole nitrogens is 1. The maximum absolute atomic E-state index is 12.3. The molecule has 2 rings (SSSR count). The van der Waals surface area contributed by atoms with E-state index in [1.54, 1.807) is 0 Å². The van der Waals surface area contributed by atoms with E-state index >= 15 is 0 Å². The summed E-state index contributed by atoms with van der Waals surface area (Å²) in [6, 6.07) is 0. The lowest BCUT2D eigenvalue weighted by Gasteiger charge is -2.15. The Labute approximate surface area is 162 Å². The molecule has 1 unspecified atom stereocenters. The van der Waals surface area contributed by atoms with Crippen molar-refractivity contribution in [2.24, 2.45) is 5.11 Å². The topological polar surface area (TPSA) is 122 Å². The Morgan fingerprint density at radius 2 is 2.25 bits per heavy atom. The van der Waals surface area contributed by atoms with Crippen LogP contribution in [-0.4, -0.2) is 34.9 Å². The molecule has 148 valence electrons. The Morgan fingerprint density at radius 3 is 2.96 bits per heavy atom. The molecule has 0 amide bonds. The predicted molar refractivity (Wildman–Crippen MR) is 103 cm³/mol. The standard InChI is InChI=1S/C19H23N5O4/c1-3-5-6-7-8-9-10-14-13-24(19(26)22-18(14)25)17-11-15(27-4-2)16(28-17)12-21-23-20/h1,13,15-17H,4-8,11-12H2,2H3,(H,22,25,26)/t15?,16-,17-/m1/s1. The highest BCUT2D eigenvalue weighted by molar-refractivity contribution is 5.29. The lowest BCUT2D eigenvalue weighted by atomic mass is 10.1. The Kier molecular flexibility index (Phi) is 8.38. The van der Waals surface area contributed by atoms with E-state index in [1.807, 2.05) is 6.92 Å². The van der Waals surface area contributed by atoms with Crippen molar-refractivity contribution < 1.29 is 9.47 Å². The normalized spacial score (nSPS) is 20.6. The van der Waals surface area contributed by atoms with Crippen LogP contribution >= 0.6 is 0 Å². The summed E-state index contributed by atoms with van der Waals surface area (Å²) in [7, 11) is 0. The summed E-state index contributed by atoms with van der Waals surface area (Å²) < 4.78 is 12.8. The van der Waals surface area contributed by atoms with Crippen molar-refractivity contribution in [3.8, 4) is 24.2 Å². The van der Waals surface area contributed by atoms with Crippen LogP contribution in [0.4, 0.5) is 0 Å². The third-order valence-electron chi connectivity index (χ3n) is 4.26. The zero-order valence-corrected chi connectivity index (χ0v) is 15.8. The molecule has 1 aliphatic heterocycles. The van der Waals surface area contributed by atoms with E-state index in [2.05, 4.69) is 32.8 Å². The summed E-state index contributed by atoms with van der Waals surface area (Å²) >= 11 is 0. The van der Waals surface area contributed by atoms with Crippen LogP contribution in [0.3, 0.4) is 0 Å². The van der Waals surface area contributed by atoms with E-state index < -0.39 is 23.6 Å². The fourth-order valence-electron chi connectivity index (χ4n) is 2.93. The zero-order valence-electron chi connectivity index (χ0n) is 15.8. The van der Waals surface area contributed by atoms with Crippen molar-refractivity contribution in [2.75, 3.05) is 13.2 Å². The largest absolute Gasteiger partial charge is 0.376 e. The highest BCUT2D eigenvalue weighted by Crippen LogP contribution is 2.30. The van der Waals surface area contributed by atoms with Crippen LogP contribution in [0.15, 0.2) is 20.9 Å². The molecule has 0 bridgehead atoms. The van der Waals surface area contributed by atoms with E-state index in [0.717, 1.165) is 12.8 Å². The van der Waals surface area contributed by atoms with Gasteiger partial charge in [0.2, 0.25) is 0 Å². The minimum Gasteiger partial charge on any atom is -0.376 e. The predicted octanol–water partition coefficient (Wildman–Crippen LogP) is 2.08. The average Bonchev–Trinajstić information content (AvgIpc) is 3.07. The van der Waals surface area contributed by atoms with Crippen LogP contribution in [0.25, 0.3) is 10.4 Å². The number of ether oxygens (including phenoxy) is 2. The third kappa shape index (κ3) is 5.77. The van der Waals surface area contributed by atoms with Crippen LogP contribution in [0, 0.1) is 24.2 Å². The summed E-state index contributed by atoms with van der Waals surface area (Å²) in [6.07, 6.45) is 8.61. The molecule has 1 aliphatic rings. The fraction of sp³-hybridized carbons (Fsp3) is 0.579. The molecule has 1 saturated heterocycles. The lowest BCUT2D eigenvalue weighted by molar-refractivity contribution is -0.0317. The van der Waals surface area contributed by atoms with Crippen molar-refractivity contribution in [1.82, 2.24) is 9.55 Å². The molecule has 9 nitrogen and oxygen atoms in total. The van der Waals surface area contributed by atoms with Gasteiger partial charge >= 0.3 is 5.69 Å². The highest BCUT2D eigenvalue weighted by atomic mass is 16.6. The number of azide groups is 1. The Bertz CT molecular complexity index is 927. The van der Waals surface area contributed by atoms with Gasteiger partial charge in [-0.15, -0.1) is 12.3 Å². The lowest BCUT2D eigenvalue weighted by Crippen LogP contribution is -2.33. The molecule has 0 radical (unpaired) electrons. The fourth-order valence-corrected chi connectivity index (χ4v) is 2.93. The molecular formula is C19H23N5O4. The monoisotopic (exact) mass is 385 g/mol. The quantitative estimate of drug-likeness (QED) is 0.242. The molecule has 1 N–H and O–H groups in total. The number of terminal acetylenes is 1. The molecule has 0 aliphatic carbocycles. The van der Waals surface area contributed by atoms with E-state index in [1.165, 1.54) is 10.8 Å². The maximum atomic E-state index is 12.3. The van der Waals surface area contributed by atoms with Gasteiger partial charge in [0, 0.05) is 37.0 Å². The van der Waals surface area contributed by atoms with Crippen LogP contribution in [0.5, 0.6) is 0 Å². The average molecular weight is 385 g/mol. The van der Waals surface area contributed by atoms with Gasteiger partial charge in [0.05, 0.1) is 18.8 Å². The molecule has 28 heavy (non-hydrogen) atoms. The summed E-state index contributed by atoms with van der Waals surface area (Å²) in [5.41, 5.74) is 7.59. The number of hydrogen-bond acceptors (Lipinski definition) is 5. The summed E-state index contributed by atoms with van der Waals surface area (Å²) in [5, 5.41) is 3.54. The number of unbranched alkanes of at least 4 members (excludes halogenated alkanes) is 3. The highest BCUT2D eigenvalue weighted by Gasteiger charge is 2.36. The van der Waals surface area contributed by atoms with Gasteiger partial charge in [-0.2, -0.15) is 0 Å². The van der Waals surface area contributed by atoms with E-state index in [4.69, 9.17) is 21.4 Å². The van der Waals surface area contributed by atoms with E-state index in [9.17, 15) is 9.59 Å². The van der Waals surface area contributed by atoms with Crippen molar-refractivity contribution in [2.45, 2.75) is 57.5 Å². The summed E-state index contributed by atoms with van der Waals surface area (Å²) in [5.74, 6) is 8.30. The molecule has 1 aromatic rings. The molecule has 0 saturated carbocycles. The third-order valence-corrected chi connectivity index (χ3v) is 4.26. The number of aromatic amines is 1. The Balaban J connectivity index is 2.18. The van der Waals surface area contributed by atoms with Gasteiger partial charge in [0.25, 0.3) is 5.56 Å². The first kappa shape index (κ1) is 21.3. The van der Waals surface area contributed by atoms with Gasteiger partial charge in [-0.25, -0.2) is 4.79 Å². The molecule has 0 spiro atoms. The van der Waals surface area contributed by atoms with Crippen molar-refractivity contribution in [1.29, 1.82) is 0 Å². The van der Waals surface area contributed by atoms with Gasteiger partial charge in [-0.1, -0.05) is 17.0 Å². The van der Waals surface area contributed by atoms with E-state index in [-0.39, 0.29) is 18.2 Å². The molecule has 1 fully saturated rings. The first-order valence-electron chi connectivity index (χ1n) is 9.16. The molecule has 3 atom stereocenters. The second kappa shape index (κ2) is 11.0. The summed E-state index contributed by atoms with van der Waals surface area (Å²) in [4.78, 5) is 29.3. The second-order valence-corrected chi connectivity index (χ2v) is 6.19. The van der Waals surface area contributed by atoms with Crippen LogP contribution in [-0.2, 0) is 9.47 Å². The van der Waals surface area contributed by atoms with E-state index in [0.29, 0.717) is 25.9 Å². The molecule has 1 aromatic heterocycles. The van der Waals surface area contributed by atoms with Crippen LogP contribution < -0.4 is 11.2 Å². The number of nitrogens with zero attached hydrogens (tertiary/aromatic N) is 4. The number of nitrogens with one attached hydrogen (secondary N) is 1. The first-order chi connectivity index (χ1) is 13.6. The number of aromatic nitrogens is 2. The van der Waals surface area contributed by atoms with Gasteiger partial charge in [-0.05, 0) is 25.3 Å². The molecular weight excluding hydrogens is 362 g/mol. The Morgan fingerprint density at radius 1 is 1.46 bits per heavy atom. The van der Waals surface area contributed by atoms with Gasteiger partial charge in [-0.3, -0.25) is 14.3 Å². The van der Waals surface area contributed by atoms with Crippen molar-refractivity contribution >= 4 is 0 Å². The minimum atomic E-state index is -0.643. The van der Waals surface area contributed by atoms with Crippen molar-refractivity contribution in [3.63, 3.8) is 0 Å². The zero-order chi connectivity index (χ0) is 20.4. The summed E-state index contributed by atoms with van der Waals surface area (Å²) in [6.45, 7) is 2.41. The van der Waals surface area contributed by atoms with Crippen LogP contribution in [0.2, 0.25) is 0 Å². The van der Waals surface area contributed by atoms with Gasteiger partial charge in [0.1, 0.15) is 11.8 Å². The molecule has 9 heteroatoms. The van der Waals surface area contributed by atoms with Crippen molar-refractivity contribution in [3.05, 3.63) is 43.0 Å². The Hall–Kier alpha value is -2.97. The number of hydrogen-bond donors (Lipinski definition) is 1. The van der Waals surface area contributed by atoms with Gasteiger partial charge in [0.15, 0.2) is 0 Å². The smallest absolute Gasteiger partial charge is 0.330 e. The SMILES string of the molecule is C#CCCCCC#Cc1cn([C@H]2CC(OCC)[C@@H](CN=[N+]=[N-])O2)c(=O)[nH]c1=O. The molecule has 2 heterocycles. The van der Waals surface area contributed by atoms with Gasteiger partial charge < -0.3 is 9.47 Å².